The van der Waals surface area contributed by atoms with Crippen LogP contribution in [-0.4, -0.2) is 37.4 Å². The molecule has 0 N–H and O–H groups in total. The van der Waals surface area contributed by atoms with Crippen molar-refractivity contribution in [3.8, 4) is 0 Å². The van der Waals surface area contributed by atoms with Crippen molar-refractivity contribution >= 4 is 5.91 Å². The zero-order valence-corrected chi connectivity index (χ0v) is 13.7. The molecule has 23 heavy (non-hydrogen) atoms. The van der Waals surface area contributed by atoms with Crippen molar-refractivity contribution < 1.29 is 13.6 Å². The number of alkyl halides is 2. The first-order valence-electron chi connectivity index (χ1n) is 7.45. The number of carbonyl (C=O) groups is 1. The van der Waals surface area contributed by atoms with E-state index in [1.54, 1.807) is 32.0 Å². The Hall–Kier alpha value is -2.25. The van der Waals surface area contributed by atoms with E-state index in [4.69, 9.17) is 0 Å². The van der Waals surface area contributed by atoms with Gasteiger partial charge in [0, 0.05) is 25.5 Å². The summed E-state index contributed by atoms with van der Waals surface area (Å²) < 4.78 is 28.6. The topological polar surface area (TPSA) is 56.0 Å². The summed E-state index contributed by atoms with van der Waals surface area (Å²) in [5.41, 5.74) is 1.14. The van der Waals surface area contributed by atoms with E-state index in [2.05, 4.69) is 10.2 Å². The highest BCUT2D eigenvalue weighted by atomic mass is 19.3. The zero-order chi connectivity index (χ0) is 17.1. The van der Waals surface area contributed by atoms with Crippen molar-refractivity contribution in [1.82, 2.24) is 24.5 Å². The Bertz CT molecular complexity index is 679. The summed E-state index contributed by atoms with van der Waals surface area (Å²) in [5, 5.41) is 8.01. The molecular formula is C15H21F2N5O. The molecule has 2 heterocycles. The fraction of sp³-hybridized carbons (Fsp3) is 0.533. The van der Waals surface area contributed by atoms with Gasteiger partial charge < -0.3 is 4.90 Å². The first-order valence-corrected chi connectivity index (χ1v) is 7.45. The van der Waals surface area contributed by atoms with Gasteiger partial charge in [-0.1, -0.05) is 0 Å². The van der Waals surface area contributed by atoms with Crippen LogP contribution in [0.5, 0.6) is 0 Å². The molecule has 0 aliphatic rings. The number of likely N-dealkylation sites (N-methyl/N-ethyl adjacent to an activating group) is 1. The molecule has 0 radical (unpaired) electrons. The number of aromatic nitrogens is 4. The minimum absolute atomic E-state index is 0.194. The van der Waals surface area contributed by atoms with Gasteiger partial charge in [0.05, 0.1) is 12.2 Å². The second kappa shape index (κ2) is 6.89. The molecule has 0 saturated heterocycles. The molecule has 0 bridgehead atoms. The number of amides is 1. The molecule has 1 unspecified atom stereocenters. The summed E-state index contributed by atoms with van der Waals surface area (Å²) in [4.78, 5) is 14.1. The van der Waals surface area contributed by atoms with Crippen molar-refractivity contribution in [1.29, 1.82) is 0 Å². The molecule has 2 aromatic rings. The van der Waals surface area contributed by atoms with Crippen LogP contribution in [0.1, 0.15) is 43.4 Å². The van der Waals surface area contributed by atoms with Crippen molar-refractivity contribution in [2.75, 3.05) is 7.05 Å². The van der Waals surface area contributed by atoms with Gasteiger partial charge in [0.2, 0.25) is 5.91 Å². The molecule has 1 atom stereocenters. The lowest BCUT2D eigenvalue weighted by molar-refractivity contribution is -0.133. The predicted molar refractivity (Wildman–Crippen MR) is 81.0 cm³/mol. The van der Waals surface area contributed by atoms with E-state index in [0.717, 1.165) is 12.2 Å². The van der Waals surface area contributed by atoms with Gasteiger partial charge in [-0.15, -0.1) is 0 Å². The third kappa shape index (κ3) is 3.57. The number of hydrogen-bond donors (Lipinski definition) is 0. The minimum Gasteiger partial charge on any atom is -0.338 e. The van der Waals surface area contributed by atoms with Gasteiger partial charge in [-0.25, -0.2) is 8.78 Å². The fourth-order valence-corrected chi connectivity index (χ4v) is 2.53. The van der Waals surface area contributed by atoms with E-state index in [0.29, 0.717) is 12.2 Å². The van der Waals surface area contributed by atoms with Gasteiger partial charge in [0.1, 0.15) is 11.7 Å². The van der Waals surface area contributed by atoms with Crippen molar-refractivity contribution in [3.05, 3.63) is 35.4 Å². The van der Waals surface area contributed by atoms with E-state index in [1.807, 2.05) is 17.7 Å². The maximum atomic E-state index is 12.7. The Balaban J connectivity index is 2.12. The lowest BCUT2D eigenvalue weighted by Gasteiger charge is -2.22. The summed E-state index contributed by atoms with van der Waals surface area (Å²) in [6.07, 6.45) is -0.957. The van der Waals surface area contributed by atoms with E-state index in [-0.39, 0.29) is 11.6 Å². The Labute approximate surface area is 133 Å². The lowest BCUT2D eigenvalue weighted by Crippen LogP contribution is -2.34. The molecule has 0 aliphatic heterocycles. The van der Waals surface area contributed by atoms with E-state index in [1.165, 1.54) is 10.7 Å². The number of nitrogens with zero attached hydrogens (tertiary/aromatic N) is 5. The summed E-state index contributed by atoms with van der Waals surface area (Å²) in [6, 6.07) is 2.51. The number of carbonyl (C=O) groups excluding carboxylic acids is 1. The molecule has 0 saturated carbocycles. The molecule has 0 spiro atoms. The second-order valence-electron chi connectivity index (χ2n) is 5.46. The Morgan fingerprint density at radius 1 is 1.43 bits per heavy atom. The third-order valence-corrected chi connectivity index (χ3v) is 3.77. The van der Waals surface area contributed by atoms with E-state index < -0.39 is 12.5 Å². The van der Waals surface area contributed by atoms with E-state index in [9.17, 15) is 13.6 Å². The van der Waals surface area contributed by atoms with Gasteiger partial charge >= 0.3 is 0 Å². The van der Waals surface area contributed by atoms with Crippen LogP contribution in [0.4, 0.5) is 8.78 Å². The predicted octanol–water partition coefficient (Wildman–Crippen LogP) is 2.57. The molecule has 2 aromatic heterocycles. The maximum Gasteiger partial charge on any atom is 0.282 e. The molecule has 126 valence electrons. The van der Waals surface area contributed by atoms with Crippen LogP contribution >= 0.6 is 0 Å². The number of aryl methyl sites for hydroxylation is 2. The lowest BCUT2D eigenvalue weighted by atomic mass is 10.2. The van der Waals surface area contributed by atoms with Crippen LogP contribution < -0.4 is 0 Å². The minimum atomic E-state index is -2.64. The van der Waals surface area contributed by atoms with Crippen LogP contribution in [0, 0.1) is 6.92 Å². The van der Waals surface area contributed by atoms with Crippen LogP contribution in [-0.2, 0) is 17.9 Å². The van der Waals surface area contributed by atoms with Gasteiger partial charge in [-0.2, -0.15) is 10.2 Å². The van der Waals surface area contributed by atoms with Gasteiger partial charge in [0.25, 0.3) is 6.43 Å². The molecule has 6 nitrogen and oxygen atoms in total. The summed E-state index contributed by atoms with van der Waals surface area (Å²) >= 11 is 0. The normalized spacial score (nSPS) is 12.7. The first-order chi connectivity index (χ1) is 10.8. The Morgan fingerprint density at radius 3 is 2.70 bits per heavy atom. The first kappa shape index (κ1) is 17.1. The standard InChI is InChI=1S/C15H21F2N5O/c1-5-21-12(6-7-18-21)9-20(4)15(23)11(3)22-10(2)8-13(19-22)14(16)17/h6-8,11,14H,5,9H2,1-4H3. The average molecular weight is 325 g/mol. The second-order valence-corrected chi connectivity index (χ2v) is 5.46. The third-order valence-electron chi connectivity index (χ3n) is 3.77. The highest BCUT2D eigenvalue weighted by molar-refractivity contribution is 5.79. The Kier molecular flexibility index (Phi) is 5.12. The van der Waals surface area contributed by atoms with Crippen molar-refractivity contribution in [2.45, 2.75) is 46.3 Å². The van der Waals surface area contributed by atoms with Gasteiger partial charge in [0.15, 0.2) is 0 Å². The molecule has 0 aliphatic carbocycles. The van der Waals surface area contributed by atoms with Crippen LogP contribution in [0.15, 0.2) is 18.3 Å². The summed E-state index contributed by atoms with van der Waals surface area (Å²) in [5.74, 6) is -0.194. The number of hydrogen-bond acceptors (Lipinski definition) is 3. The molecular weight excluding hydrogens is 304 g/mol. The molecule has 0 aromatic carbocycles. The SMILES string of the molecule is CCn1nccc1CN(C)C(=O)C(C)n1nc(C(F)F)cc1C. The molecule has 1 amide bonds. The largest absolute Gasteiger partial charge is 0.338 e. The van der Waals surface area contributed by atoms with Gasteiger partial charge in [-0.05, 0) is 32.9 Å². The highest BCUT2D eigenvalue weighted by Gasteiger charge is 2.24. The number of halogens is 2. The fourth-order valence-electron chi connectivity index (χ4n) is 2.53. The summed E-state index contributed by atoms with van der Waals surface area (Å²) in [7, 11) is 1.68. The smallest absolute Gasteiger partial charge is 0.282 e. The zero-order valence-electron chi connectivity index (χ0n) is 13.7. The number of rotatable bonds is 6. The Morgan fingerprint density at radius 2 is 2.13 bits per heavy atom. The van der Waals surface area contributed by atoms with Crippen LogP contribution in [0.2, 0.25) is 0 Å². The monoisotopic (exact) mass is 325 g/mol. The average Bonchev–Trinajstić information content (AvgIpc) is 3.11. The maximum absolute atomic E-state index is 12.7. The van der Waals surface area contributed by atoms with Crippen molar-refractivity contribution in [2.24, 2.45) is 0 Å². The molecule has 0 fully saturated rings. The van der Waals surface area contributed by atoms with Crippen LogP contribution in [0.3, 0.4) is 0 Å². The molecule has 2 rings (SSSR count). The highest BCUT2D eigenvalue weighted by Crippen LogP contribution is 2.21. The van der Waals surface area contributed by atoms with E-state index >= 15 is 0 Å². The molecule has 8 heteroatoms. The summed E-state index contributed by atoms with van der Waals surface area (Å²) in [6.45, 7) is 6.41. The quantitative estimate of drug-likeness (QED) is 0.820. The van der Waals surface area contributed by atoms with Crippen LogP contribution in [0.25, 0.3) is 0 Å². The van der Waals surface area contributed by atoms with Crippen molar-refractivity contribution in [3.63, 3.8) is 0 Å². The van der Waals surface area contributed by atoms with Gasteiger partial charge in [-0.3, -0.25) is 14.2 Å².